The van der Waals surface area contributed by atoms with Gasteiger partial charge in [-0.1, -0.05) is 12.2 Å². The highest BCUT2D eigenvalue weighted by molar-refractivity contribution is 5.84. The molecule has 0 radical (unpaired) electrons. The van der Waals surface area contributed by atoms with Crippen LogP contribution in [-0.2, 0) is 4.79 Å². The van der Waals surface area contributed by atoms with E-state index in [-0.39, 0.29) is 11.8 Å². The first-order valence-corrected chi connectivity index (χ1v) is 5.15. The van der Waals surface area contributed by atoms with Gasteiger partial charge in [0.2, 0.25) is 0 Å². The maximum atomic E-state index is 11.7. The fourth-order valence-corrected chi connectivity index (χ4v) is 3.51. The molecule has 2 saturated carbocycles. The third-order valence-electron chi connectivity index (χ3n) is 4.07. The van der Waals surface area contributed by atoms with E-state index in [4.69, 9.17) is 0 Å². The molecular formula is C11H14O2. The Balaban J connectivity index is 2.05. The van der Waals surface area contributed by atoms with Crippen LogP contribution in [-0.4, -0.2) is 16.5 Å². The largest absolute Gasteiger partial charge is 0.389 e. The lowest BCUT2D eigenvalue weighted by Gasteiger charge is -2.39. The van der Waals surface area contributed by atoms with E-state index in [9.17, 15) is 9.90 Å². The zero-order valence-electron chi connectivity index (χ0n) is 7.57. The second-order valence-corrected chi connectivity index (χ2v) is 4.68. The lowest BCUT2D eigenvalue weighted by atomic mass is 9.69. The van der Waals surface area contributed by atoms with Crippen molar-refractivity contribution in [3.05, 3.63) is 12.2 Å². The Morgan fingerprint density at radius 2 is 2.31 bits per heavy atom. The Hall–Kier alpha value is -0.630. The molecule has 2 heteroatoms. The Labute approximate surface area is 77.6 Å². The number of carbonyl (C=O) groups excluding carboxylic acids is 1. The minimum Gasteiger partial charge on any atom is -0.389 e. The zero-order valence-corrected chi connectivity index (χ0v) is 7.57. The van der Waals surface area contributed by atoms with Crippen molar-refractivity contribution in [1.29, 1.82) is 0 Å². The molecule has 0 aromatic carbocycles. The minimum atomic E-state index is -0.658. The summed E-state index contributed by atoms with van der Waals surface area (Å²) < 4.78 is 0. The molecule has 3 aliphatic carbocycles. The van der Waals surface area contributed by atoms with Gasteiger partial charge < -0.3 is 5.11 Å². The summed E-state index contributed by atoms with van der Waals surface area (Å²) in [7, 11) is 0. The van der Waals surface area contributed by atoms with E-state index in [0.29, 0.717) is 18.1 Å². The molecular weight excluding hydrogens is 164 g/mol. The van der Waals surface area contributed by atoms with Crippen molar-refractivity contribution in [3.63, 3.8) is 0 Å². The molecule has 2 bridgehead atoms. The van der Waals surface area contributed by atoms with Gasteiger partial charge in [0.05, 0.1) is 11.5 Å². The summed E-state index contributed by atoms with van der Waals surface area (Å²) in [6.45, 7) is 0. The second kappa shape index (κ2) is 2.24. The van der Waals surface area contributed by atoms with Crippen LogP contribution in [0.4, 0.5) is 0 Å². The van der Waals surface area contributed by atoms with E-state index in [1.807, 2.05) is 0 Å². The smallest absolute Gasteiger partial charge is 0.139 e. The molecule has 0 aromatic heterocycles. The van der Waals surface area contributed by atoms with Crippen molar-refractivity contribution in [2.24, 2.45) is 17.8 Å². The van der Waals surface area contributed by atoms with Crippen molar-refractivity contribution in [2.75, 3.05) is 0 Å². The molecule has 1 N–H and O–H groups in total. The number of aliphatic hydroxyl groups is 1. The molecule has 0 unspecified atom stereocenters. The van der Waals surface area contributed by atoms with E-state index in [1.165, 1.54) is 0 Å². The zero-order chi connectivity index (χ0) is 9.05. The summed E-state index contributed by atoms with van der Waals surface area (Å²) in [5, 5.41) is 10.4. The highest BCUT2D eigenvalue weighted by Crippen LogP contribution is 2.55. The van der Waals surface area contributed by atoms with Crippen LogP contribution in [0.3, 0.4) is 0 Å². The quantitative estimate of drug-likeness (QED) is 0.567. The molecule has 0 spiro atoms. The van der Waals surface area contributed by atoms with Crippen molar-refractivity contribution in [3.8, 4) is 0 Å². The van der Waals surface area contributed by atoms with Gasteiger partial charge in [-0.15, -0.1) is 0 Å². The summed E-state index contributed by atoms with van der Waals surface area (Å²) in [4.78, 5) is 11.7. The normalized spacial score (nSPS) is 52.7. The maximum absolute atomic E-state index is 11.7. The van der Waals surface area contributed by atoms with Crippen LogP contribution >= 0.6 is 0 Å². The number of ketones is 1. The predicted molar refractivity (Wildman–Crippen MR) is 48.0 cm³/mol. The molecule has 4 atom stereocenters. The SMILES string of the molecule is O=C1CCC[C@]2(O)[C@@H]3C=C[C@@H](C3)[C@@H]12. The highest BCUT2D eigenvalue weighted by atomic mass is 16.3. The summed E-state index contributed by atoms with van der Waals surface area (Å²) in [5.74, 6) is 0.858. The Morgan fingerprint density at radius 3 is 3.08 bits per heavy atom. The number of allylic oxidation sites excluding steroid dienone is 1. The van der Waals surface area contributed by atoms with E-state index < -0.39 is 5.60 Å². The molecule has 0 amide bonds. The Morgan fingerprint density at radius 1 is 1.46 bits per heavy atom. The molecule has 0 aliphatic heterocycles. The van der Waals surface area contributed by atoms with E-state index in [2.05, 4.69) is 12.2 Å². The Bertz CT molecular complexity index is 294. The summed E-state index contributed by atoms with van der Waals surface area (Å²) in [6.07, 6.45) is 7.64. The maximum Gasteiger partial charge on any atom is 0.139 e. The fraction of sp³-hybridized carbons (Fsp3) is 0.727. The van der Waals surface area contributed by atoms with Gasteiger partial charge in [0.15, 0.2) is 0 Å². The van der Waals surface area contributed by atoms with Crippen LogP contribution < -0.4 is 0 Å². The standard InChI is InChI=1S/C11H14O2/c12-9-2-1-5-11(13)8-4-3-7(6-8)10(9)11/h3-4,7-8,10,13H,1-2,5-6H2/t7-,8+,10-,11-/m0/s1. The molecule has 3 rings (SSSR count). The summed E-state index contributed by atoms with van der Waals surface area (Å²) in [6, 6.07) is 0. The minimum absolute atomic E-state index is 0.0590. The summed E-state index contributed by atoms with van der Waals surface area (Å²) in [5.41, 5.74) is -0.658. The van der Waals surface area contributed by atoms with Gasteiger partial charge in [0.1, 0.15) is 5.78 Å². The number of Topliss-reactive ketones (excluding diaryl/α,β-unsaturated/α-hetero) is 1. The van der Waals surface area contributed by atoms with Gasteiger partial charge in [0, 0.05) is 12.3 Å². The first-order chi connectivity index (χ1) is 6.22. The molecule has 0 saturated heterocycles. The second-order valence-electron chi connectivity index (χ2n) is 4.68. The molecule has 0 heterocycles. The molecule has 0 aromatic rings. The number of fused-ring (bicyclic) bond motifs is 5. The average Bonchev–Trinajstić information content (AvgIpc) is 2.62. The number of rotatable bonds is 0. The van der Waals surface area contributed by atoms with Gasteiger partial charge in [-0.25, -0.2) is 0 Å². The van der Waals surface area contributed by atoms with Crippen LogP contribution in [0.5, 0.6) is 0 Å². The van der Waals surface area contributed by atoms with Crippen LogP contribution in [0, 0.1) is 17.8 Å². The van der Waals surface area contributed by atoms with E-state index in [1.54, 1.807) is 0 Å². The average molecular weight is 178 g/mol. The lowest BCUT2D eigenvalue weighted by Crippen LogP contribution is -2.48. The number of hydrogen-bond acceptors (Lipinski definition) is 2. The van der Waals surface area contributed by atoms with Crippen LogP contribution in [0.15, 0.2) is 12.2 Å². The van der Waals surface area contributed by atoms with Crippen LogP contribution in [0.1, 0.15) is 25.7 Å². The van der Waals surface area contributed by atoms with Crippen molar-refractivity contribution in [1.82, 2.24) is 0 Å². The van der Waals surface area contributed by atoms with Gasteiger partial charge in [-0.3, -0.25) is 4.79 Å². The first-order valence-electron chi connectivity index (χ1n) is 5.15. The monoisotopic (exact) mass is 178 g/mol. The Kier molecular flexibility index (Phi) is 1.33. The third-order valence-corrected chi connectivity index (χ3v) is 4.07. The number of carbonyl (C=O) groups is 1. The highest BCUT2D eigenvalue weighted by Gasteiger charge is 2.58. The predicted octanol–water partition coefficient (Wildman–Crippen LogP) is 1.29. The lowest BCUT2D eigenvalue weighted by molar-refractivity contribution is -0.139. The van der Waals surface area contributed by atoms with Crippen LogP contribution in [0.25, 0.3) is 0 Å². The van der Waals surface area contributed by atoms with E-state index in [0.717, 1.165) is 19.3 Å². The van der Waals surface area contributed by atoms with Crippen molar-refractivity contribution in [2.45, 2.75) is 31.3 Å². The fourth-order valence-electron chi connectivity index (χ4n) is 3.51. The third kappa shape index (κ3) is 0.798. The topological polar surface area (TPSA) is 37.3 Å². The van der Waals surface area contributed by atoms with Crippen molar-refractivity contribution < 1.29 is 9.90 Å². The van der Waals surface area contributed by atoms with Crippen LogP contribution in [0.2, 0.25) is 0 Å². The number of hydrogen-bond donors (Lipinski definition) is 1. The van der Waals surface area contributed by atoms with Gasteiger partial charge in [-0.2, -0.15) is 0 Å². The molecule has 70 valence electrons. The van der Waals surface area contributed by atoms with Gasteiger partial charge in [-0.05, 0) is 25.2 Å². The molecule has 3 aliphatic rings. The van der Waals surface area contributed by atoms with Gasteiger partial charge >= 0.3 is 0 Å². The van der Waals surface area contributed by atoms with Crippen molar-refractivity contribution >= 4 is 5.78 Å². The molecule has 13 heavy (non-hydrogen) atoms. The first kappa shape index (κ1) is 7.74. The molecule has 2 fully saturated rings. The molecule has 2 nitrogen and oxygen atoms in total. The van der Waals surface area contributed by atoms with E-state index >= 15 is 0 Å². The summed E-state index contributed by atoms with van der Waals surface area (Å²) >= 11 is 0. The van der Waals surface area contributed by atoms with Gasteiger partial charge in [0.25, 0.3) is 0 Å².